The number of hydrogen-bond donors (Lipinski definition) is 3. The van der Waals surface area contributed by atoms with Gasteiger partial charge in [-0.2, -0.15) is 5.26 Å². The maximum absolute atomic E-state index is 13.1. The first-order valence-electron chi connectivity index (χ1n) is 8.82. The van der Waals surface area contributed by atoms with Crippen molar-refractivity contribution in [1.82, 2.24) is 20.2 Å². The SMILES string of the molecule is Cc1c(C#N)c2nc3ccccc3n2c(=O)c1=CNNC(=O)Nc1ccccc1. The lowest BCUT2D eigenvalue weighted by molar-refractivity contribution is 0.250. The number of nitrogens with one attached hydrogen (secondary N) is 3. The quantitative estimate of drug-likeness (QED) is 0.467. The lowest BCUT2D eigenvalue weighted by Crippen LogP contribution is -2.41. The predicted molar refractivity (Wildman–Crippen MR) is 110 cm³/mol. The number of urea groups is 1. The molecule has 0 radical (unpaired) electrons. The molecule has 0 spiro atoms. The molecule has 2 amide bonds. The summed E-state index contributed by atoms with van der Waals surface area (Å²) in [5, 5.41) is 12.5. The van der Waals surface area contributed by atoms with E-state index in [1.54, 1.807) is 49.4 Å². The largest absolute Gasteiger partial charge is 0.337 e. The number of fused-ring (bicyclic) bond motifs is 3. The van der Waals surface area contributed by atoms with Gasteiger partial charge in [-0.1, -0.05) is 30.3 Å². The van der Waals surface area contributed by atoms with Crippen LogP contribution in [0.4, 0.5) is 10.5 Å². The highest BCUT2D eigenvalue weighted by molar-refractivity contribution is 5.89. The molecule has 0 unspecified atom stereocenters. The van der Waals surface area contributed by atoms with Gasteiger partial charge in [0.2, 0.25) is 0 Å². The Bertz CT molecular complexity index is 1390. The second-order valence-electron chi connectivity index (χ2n) is 6.32. The van der Waals surface area contributed by atoms with Crippen LogP contribution in [0.2, 0.25) is 0 Å². The van der Waals surface area contributed by atoms with Crippen LogP contribution < -0.4 is 26.9 Å². The second-order valence-corrected chi connectivity index (χ2v) is 6.32. The van der Waals surface area contributed by atoms with Crippen molar-refractivity contribution < 1.29 is 4.79 Å². The number of aromatic nitrogens is 2. The molecule has 2 aromatic carbocycles. The third-order valence-corrected chi connectivity index (χ3v) is 4.54. The van der Waals surface area contributed by atoms with Crippen molar-refractivity contribution in [2.24, 2.45) is 0 Å². The Morgan fingerprint density at radius 2 is 1.86 bits per heavy atom. The Labute approximate surface area is 165 Å². The molecule has 2 heterocycles. The maximum Gasteiger partial charge on any atom is 0.337 e. The van der Waals surface area contributed by atoms with Gasteiger partial charge in [-0.15, -0.1) is 0 Å². The zero-order chi connectivity index (χ0) is 20.4. The molecule has 0 saturated carbocycles. The third-order valence-electron chi connectivity index (χ3n) is 4.54. The van der Waals surface area contributed by atoms with Crippen molar-refractivity contribution in [3.8, 4) is 6.07 Å². The van der Waals surface area contributed by atoms with Crippen molar-refractivity contribution in [2.45, 2.75) is 6.92 Å². The number of benzene rings is 2. The van der Waals surface area contributed by atoms with Gasteiger partial charge in [0, 0.05) is 11.9 Å². The summed E-state index contributed by atoms with van der Waals surface area (Å²) >= 11 is 0. The number of rotatable bonds is 3. The monoisotopic (exact) mass is 384 g/mol. The minimum Gasteiger partial charge on any atom is -0.307 e. The summed E-state index contributed by atoms with van der Waals surface area (Å²) in [5.74, 6) is 0. The van der Waals surface area contributed by atoms with Crippen LogP contribution in [-0.4, -0.2) is 15.4 Å². The summed E-state index contributed by atoms with van der Waals surface area (Å²) in [5.41, 5.74) is 7.74. The van der Waals surface area contributed by atoms with Gasteiger partial charge < -0.3 is 10.7 Å². The molecule has 0 aliphatic rings. The van der Waals surface area contributed by atoms with Crippen LogP contribution in [-0.2, 0) is 0 Å². The Hall–Kier alpha value is -4.38. The molecular formula is C21H16N6O2. The van der Waals surface area contributed by atoms with Gasteiger partial charge in [0.15, 0.2) is 5.65 Å². The number of hydrogen-bond acceptors (Lipinski definition) is 5. The van der Waals surface area contributed by atoms with Crippen molar-refractivity contribution in [3.63, 3.8) is 0 Å². The van der Waals surface area contributed by atoms with Crippen LogP contribution in [0.25, 0.3) is 22.9 Å². The topological polar surface area (TPSA) is 111 Å². The average molecular weight is 384 g/mol. The fourth-order valence-electron chi connectivity index (χ4n) is 3.14. The highest BCUT2D eigenvalue weighted by Gasteiger charge is 2.15. The van der Waals surface area contributed by atoms with Crippen LogP contribution in [0.5, 0.6) is 0 Å². The van der Waals surface area contributed by atoms with Crippen LogP contribution >= 0.6 is 0 Å². The van der Waals surface area contributed by atoms with E-state index in [0.29, 0.717) is 33.5 Å². The fourth-order valence-corrected chi connectivity index (χ4v) is 3.14. The van der Waals surface area contributed by atoms with Gasteiger partial charge in [-0.3, -0.25) is 14.6 Å². The van der Waals surface area contributed by atoms with Gasteiger partial charge >= 0.3 is 6.03 Å². The summed E-state index contributed by atoms with van der Waals surface area (Å²) in [7, 11) is 0. The van der Waals surface area contributed by atoms with Crippen molar-refractivity contribution in [3.05, 3.63) is 81.3 Å². The maximum atomic E-state index is 13.1. The molecule has 4 aromatic rings. The van der Waals surface area contributed by atoms with Crippen LogP contribution in [0.1, 0.15) is 11.1 Å². The van der Waals surface area contributed by atoms with E-state index in [1.807, 2.05) is 12.1 Å². The number of amides is 2. The first kappa shape index (κ1) is 18.0. The average Bonchev–Trinajstić information content (AvgIpc) is 3.11. The summed E-state index contributed by atoms with van der Waals surface area (Å²) in [4.78, 5) is 29.5. The van der Waals surface area contributed by atoms with Gasteiger partial charge in [0.25, 0.3) is 5.56 Å². The van der Waals surface area contributed by atoms with Gasteiger partial charge in [0.05, 0.1) is 21.8 Å². The lowest BCUT2D eigenvalue weighted by atomic mass is 10.1. The number of nitrogens with zero attached hydrogens (tertiary/aromatic N) is 3. The molecule has 0 bridgehead atoms. The second kappa shape index (κ2) is 7.32. The number of hydrazine groups is 1. The smallest absolute Gasteiger partial charge is 0.307 e. The van der Waals surface area contributed by atoms with Crippen molar-refractivity contribution in [1.29, 1.82) is 5.26 Å². The van der Waals surface area contributed by atoms with Gasteiger partial charge in [0.1, 0.15) is 6.07 Å². The minimum absolute atomic E-state index is 0.261. The molecule has 0 aliphatic heterocycles. The summed E-state index contributed by atoms with van der Waals surface area (Å²) in [6.07, 6.45) is 1.37. The number of carbonyl (C=O) groups excluding carboxylic acids is 1. The van der Waals surface area contributed by atoms with Crippen molar-refractivity contribution in [2.75, 3.05) is 5.32 Å². The molecule has 0 fully saturated rings. The zero-order valence-corrected chi connectivity index (χ0v) is 15.4. The molecule has 29 heavy (non-hydrogen) atoms. The van der Waals surface area contributed by atoms with Gasteiger partial charge in [-0.05, 0) is 36.8 Å². The number of nitriles is 1. The van der Waals surface area contributed by atoms with E-state index in [0.717, 1.165) is 0 Å². The molecule has 8 heteroatoms. The van der Waals surface area contributed by atoms with E-state index in [-0.39, 0.29) is 10.8 Å². The first-order valence-corrected chi connectivity index (χ1v) is 8.82. The minimum atomic E-state index is -0.493. The van der Waals surface area contributed by atoms with E-state index in [1.165, 1.54) is 10.6 Å². The number of imidazole rings is 1. The lowest BCUT2D eigenvalue weighted by Gasteiger charge is -2.07. The van der Waals surface area contributed by atoms with E-state index >= 15 is 0 Å². The highest BCUT2D eigenvalue weighted by Crippen LogP contribution is 2.17. The van der Waals surface area contributed by atoms with Crippen molar-refractivity contribution >= 4 is 34.6 Å². The number of carbonyl (C=O) groups is 1. The van der Waals surface area contributed by atoms with Gasteiger partial charge in [-0.25, -0.2) is 9.78 Å². The summed E-state index contributed by atoms with van der Waals surface area (Å²) in [6, 6.07) is 17.8. The Morgan fingerprint density at radius 1 is 1.14 bits per heavy atom. The fraction of sp³-hybridized carbons (Fsp3) is 0.0476. The Kier molecular flexibility index (Phi) is 4.55. The molecule has 2 aromatic heterocycles. The Morgan fingerprint density at radius 3 is 2.62 bits per heavy atom. The van der Waals surface area contributed by atoms with Crippen LogP contribution in [0, 0.1) is 18.3 Å². The number of pyridine rings is 1. The highest BCUT2D eigenvalue weighted by atomic mass is 16.2. The molecule has 8 nitrogen and oxygen atoms in total. The molecule has 4 rings (SSSR count). The van der Waals surface area contributed by atoms with Crippen LogP contribution in [0.3, 0.4) is 0 Å². The molecule has 0 atom stereocenters. The molecular weight excluding hydrogens is 368 g/mol. The molecule has 3 N–H and O–H groups in total. The molecule has 142 valence electrons. The Balaban J connectivity index is 1.72. The van der Waals surface area contributed by atoms with E-state index in [2.05, 4.69) is 27.2 Å². The predicted octanol–water partition coefficient (Wildman–Crippen LogP) is 1.81. The van der Waals surface area contributed by atoms with E-state index in [4.69, 9.17) is 0 Å². The standard InChI is InChI=1S/C21H16N6O2/c1-13-15(11-22)19-25-17-9-5-6-10-18(17)27(19)20(28)16(13)12-23-26-21(29)24-14-7-3-2-4-8-14/h2-10,12,23H,1H3,(H2,24,26,29). The number of para-hydroxylation sites is 3. The number of anilines is 1. The van der Waals surface area contributed by atoms with E-state index in [9.17, 15) is 14.9 Å². The van der Waals surface area contributed by atoms with E-state index < -0.39 is 6.03 Å². The third kappa shape index (κ3) is 3.21. The normalized spacial score (nSPS) is 11.4. The molecule has 0 saturated heterocycles. The zero-order valence-electron chi connectivity index (χ0n) is 15.4. The molecule has 0 aliphatic carbocycles. The summed E-state index contributed by atoms with van der Waals surface area (Å²) < 4.78 is 1.42. The first-order chi connectivity index (χ1) is 14.1. The van der Waals surface area contributed by atoms with Crippen LogP contribution in [0.15, 0.2) is 59.4 Å². The summed E-state index contributed by atoms with van der Waals surface area (Å²) in [6.45, 7) is 1.68.